The van der Waals surface area contributed by atoms with Gasteiger partial charge in [-0.1, -0.05) is 44.2 Å². The SMILES string of the molecule is C=C[C@]1(C)CC[C@@H](C(=C)Cn2cccn2)C[C@H]1C(=C)CC. The highest BCUT2D eigenvalue weighted by molar-refractivity contribution is 5.17. The summed E-state index contributed by atoms with van der Waals surface area (Å²) in [7, 11) is 0. The van der Waals surface area contributed by atoms with Gasteiger partial charge in [-0.15, -0.1) is 6.58 Å². The van der Waals surface area contributed by atoms with Crippen LogP contribution in [0.1, 0.15) is 39.5 Å². The average Bonchev–Trinajstić information content (AvgIpc) is 2.99. The molecule has 0 N–H and O–H groups in total. The normalized spacial score (nSPS) is 29.0. The smallest absolute Gasteiger partial charge is 0.0619 e. The molecule has 0 unspecified atom stereocenters. The molecule has 1 aliphatic carbocycles. The maximum atomic E-state index is 4.33. The number of nitrogens with zero attached hydrogens (tertiary/aromatic N) is 2. The summed E-state index contributed by atoms with van der Waals surface area (Å²) in [5.74, 6) is 1.09. The first-order valence-corrected chi connectivity index (χ1v) is 7.96. The number of hydrogen-bond acceptors (Lipinski definition) is 1. The molecule has 3 atom stereocenters. The maximum absolute atomic E-state index is 4.33. The molecule has 1 saturated carbocycles. The molecule has 2 heteroatoms. The van der Waals surface area contributed by atoms with Gasteiger partial charge in [0.05, 0.1) is 6.54 Å². The minimum absolute atomic E-state index is 0.190. The molecule has 0 aromatic carbocycles. The van der Waals surface area contributed by atoms with E-state index in [-0.39, 0.29) is 5.41 Å². The highest BCUT2D eigenvalue weighted by Crippen LogP contribution is 2.49. The monoisotopic (exact) mass is 284 g/mol. The minimum atomic E-state index is 0.190. The minimum Gasteiger partial charge on any atom is -0.269 e. The van der Waals surface area contributed by atoms with Crippen LogP contribution in [0.5, 0.6) is 0 Å². The number of hydrogen-bond donors (Lipinski definition) is 0. The van der Waals surface area contributed by atoms with E-state index in [1.807, 2.05) is 23.1 Å². The first-order valence-electron chi connectivity index (χ1n) is 7.96. The van der Waals surface area contributed by atoms with E-state index in [1.165, 1.54) is 24.0 Å². The topological polar surface area (TPSA) is 17.8 Å². The molecule has 0 spiro atoms. The van der Waals surface area contributed by atoms with Gasteiger partial charge in [-0.25, -0.2) is 0 Å². The van der Waals surface area contributed by atoms with Crippen LogP contribution < -0.4 is 0 Å². The fourth-order valence-electron chi connectivity index (χ4n) is 3.56. The van der Waals surface area contributed by atoms with Gasteiger partial charge in [0.25, 0.3) is 0 Å². The van der Waals surface area contributed by atoms with Gasteiger partial charge < -0.3 is 0 Å². The summed E-state index contributed by atoms with van der Waals surface area (Å²) in [5, 5.41) is 4.29. The molecule has 21 heavy (non-hydrogen) atoms. The number of rotatable bonds is 6. The first-order chi connectivity index (χ1) is 10.00. The molecule has 2 rings (SSSR count). The maximum Gasteiger partial charge on any atom is 0.0619 e. The van der Waals surface area contributed by atoms with E-state index >= 15 is 0 Å². The molecule has 1 aliphatic rings. The lowest BCUT2D eigenvalue weighted by molar-refractivity contribution is 0.164. The molecule has 1 fully saturated rings. The van der Waals surface area contributed by atoms with Gasteiger partial charge in [-0.2, -0.15) is 5.10 Å². The van der Waals surface area contributed by atoms with E-state index in [0.29, 0.717) is 11.8 Å². The Labute approximate surface area is 129 Å². The zero-order valence-corrected chi connectivity index (χ0v) is 13.5. The third-order valence-corrected chi connectivity index (χ3v) is 5.26. The van der Waals surface area contributed by atoms with E-state index in [0.717, 1.165) is 19.4 Å². The van der Waals surface area contributed by atoms with E-state index in [1.54, 1.807) is 0 Å². The van der Waals surface area contributed by atoms with Crippen molar-refractivity contribution in [3.63, 3.8) is 0 Å². The van der Waals surface area contributed by atoms with Gasteiger partial charge in [-0.3, -0.25) is 4.68 Å². The predicted molar refractivity (Wildman–Crippen MR) is 89.9 cm³/mol. The molecule has 0 amide bonds. The molecular formula is C19H28N2. The largest absolute Gasteiger partial charge is 0.269 e. The second kappa shape index (κ2) is 6.46. The van der Waals surface area contributed by atoms with Crippen molar-refractivity contribution in [1.82, 2.24) is 9.78 Å². The van der Waals surface area contributed by atoms with Crippen LogP contribution in [0.25, 0.3) is 0 Å². The zero-order chi connectivity index (χ0) is 15.5. The Morgan fingerprint density at radius 3 is 2.76 bits per heavy atom. The fourth-order valence-corrected chi connectivity index (χ4v) is 3.56. The molecule has 114 valence electrons. The Morgan fingerprint density at radius 1 is 1.43 bits per heavy atom. The Balaban J connectivity index is 2.08. The quantitative estimate of drug-likeness (QED) is 0.671. The van der Waals surface area contributed by atoms with Gasteiger partial charge in [0.1, 0.15) is 0 Å². The van der Waals surface area contributed by atoms with Crippen LogP contribution in [0.3, 0.4) is 0 Å². The van der Waals surface area contributed by atoms with Crippen molar-refractivity contribution in [3.05, 3.63) is 55.4 Å². The van der Waals surface area contributed by atoms with Crippen LogP contribution in [0, 0.1) is 17.3 Å². The highest BCUT2D eigenvalue weighted by Gasteiger charge is 2.39. The Hall–Kier alpha value is -1.57. The summed E-state index contributed by atoms with van der Waals surface area (Å²) in [6, 6.07) is 1.96. The average molecular weight is 284 g/mol. The van der Waals surface area contributed by atoms with E-state index in [9.17, 15) is 0 Å². The van der Waals surface area contributed by atoms with Crippen molar-refractivity contribution in [2.45, 2.75) is 46.1 Å². The van der Waals surface area contributed by atoms with Gasteiger partial charge in [0.2, 0.25) is 0 Å². The first kappa shape index (κ1) is 15.8. The van der Waals surface area contributed by atoms with Gasteiger partial charge in [-0.05, 0) is 49.0 Å². The summed E-state index contributed by atoms with van der Waals surface area (Å²) in [5.41, 5.74) is 2.84. The molecule has 0 saturated heterocycles. The fraction of sp³-hybridized carbons (Fsp3) is 0.526. The molecule has 0 aliphatic heterocycles. The lowest BCUT2D eigenvalue weighted by Gasteiger charge is -2.44. The van der Waals surface area contributed by atoms with Crippen molar-refractivity contribution in [3.8, 4) is 0 Å². The van der Waals surface area contributed by atoms with Crippen LogP contribution in [0.2, 0.25) is 0 Å². The lowest BCUT2D eigenvalue weighted by atomic mass is 9.61. The molecule has 1 aromatic rings. The lowest BCUT2D eigenvalue weighted by Crippen LogP contribution is -2.34. The van der Waals surface area contributed by atoms with Crippen molar-refractivity contribution < 1.29 is 0 Å². The van der Waals surface area contributed by atoms with Gasteiger partial charge in [0, 0.05) is 12.4 Å². The molecule has 2 nitrogen and oxygen atoms in total. The second-order valence-corrected chi connectivity index (χ2v) is 6.61. The Morgan fingerprint density at radius 2 is 2.19 bits per heavy atom. The third-order valence-electron chi connectivity index (χ3n) is 5.26. The van der Waals surface area contributed by atoms with Crippen LogP contribution in [-0.4, -0.2) is 9.78 Å². The molecule has 0 bridgehead atoms. The molecule has 1 heterocycles. The summed E-state index contributed by atoms with van der Waals surface area (Å²) in [4.78, 5) is 0. The molecular weight excluding hydrogens is 256 g/mol. The van der Waals surface area contributed by atoms with E-state index < -0.39 is 0 Å². The predicted octanol–water partition coefficient (Wildman–Crippen LogP) is 5.01. The highest BCUT2D eigenvalue weighted by atomic mass is 15.3. The van der Waals surface area contributed by atoms with Gasteiger partial charge >= 0.3 is 0 Å². The zero-order valence-electron chi connectivity index (χ0n) is 13.5. The van der Waals surface area contributed by atoms with Crippen LogP contribution in [0.4, 0.5) is 0 Å². The summed E-state index contributed by atoms with van der Waals surface area (Å²) < 4.78 is 1.97. The third kappa shape index (κ3) is 3.37. The standard InChI is InChI=1S/C19H28N2/c1-6-15(3)18-13-17(9-10-19(18,5)7-2)16(4)14-21-12-8-11-20-21/h7-8,11-12,17-18H,2-4,6,9-10,13-14H2,1,5H3/t17-,18+,19-/m1/s1. The molecule has 0 radical (unpaired) electrons. The number of aromatic nitrogens is 2. The second-order valence-electron chi connectivity index (χ2n) is 6.61. The molecule has 1 aromatic heterocycles. The summed E-state index contributed by atoms with van der Waals surface area (Å²) in [6.45, 7) is 18.1. The van der Waals surface area contributed by atoms with E-state index in [2.05, 4.69) is 44.8 Å². The number of allylic oxidation sites excluding steroid dienone is 3. The Kier molecular flexibility index (Phi) is 4.87. The van der Waals surface area contributed by atoms with Crippen molar-refractivity contribution in [1.29, 1.82) is 0 Å². The Bertz CT molecular complexity index is 512. The van der Waals surface area contributed by atoms with Crippen molar-refractivity contribution in [2.24, 2.45) is 17.3 Å². The van der Waals surface area contributed by atoms with Crippen molar-refractivity contribution in [2.75, 3.05) is 0 Å². The summed E-state index contributed by atoms with van der Waals surface area (Å²) in [6.07, 6.45) is 10.5. The van der Waals surface area contributed by atoms with Crippen molar-refractivity contribution >= 4 is 0 Å². The van der Waals surface area contributed by atoms with Crippen LogP contribution in [0.15, 0.2) is 55.4 Å². The van der Waals surface area contributed by atoms with Gasteiger partial charge in [0.15, 0.2) is 0 Å². The van der Waals surface area contributed by atoms with Crippen LogP contribution in [-0.2, 0) is 6.54 Å². The van der Waals surface area contributed by atoms with Crippen LogP contribution >= 0.6 is 0 Å². The summed E-state index contributed by atoms with van der Waals surface area (Å²) >= 11 is 0. The van der Waals surface area contributed by atoms with E-state index in [4.69, 9.17) is 0 Å².